The summed E-state index contributed by atoms with van der Waals surface area (Å²) < 4.78 is 5.90. The number of aromatic nitrogens is 4. The van der Waals surface area contributed by atoms with Gasteiger partial charge in [-0.1, -0.05) is 107 Å². The highest BCUT2D eigenvalue weighted by Crippen LogP contribution is 2.21. The zero-order valence-corrected chi connectivity index (χ0v) is 25.5. The molecule has 10 heteroatoms. The Kier molecular flexibility index (Phi) is 8.99. The third kappa shape index (κ3) is 6.09. The van der Waals surface area contributed by atoms with Crippen LogP contribution in [0, 0.1) is 0 Å². The van der Waals surface area contributed by atoms with Crippen molar-refractivity contribution in [1.82, 2.24) is 18.3 Å². The van der Waals surface area contributed by atoms with Gasteiger partial charge in [0.1, 0.15) is 0 Å². The fourth-order valence-electron chi connectivity index (χ4n) is 5.35. The Balaban J connectivity index is 1.16. The fourth-order valence-corrected chi connectivity index (χ4v) is 7.25. The van der Waals surface area contributed by atoms with E-state index in [4.69, 9.17) is 0 Å². The topological polar surface area (TPSA) is 88.0 Å². The zero-order valence-electron chi connectivity index (χ0n) is 23.9. The molecule has 0 spiro atoms. The van der Waals surface area contributed by atoms with E-state index in [1.54, 1.807) is 45.5 Å². The van der Waals surface area contributed by atoms with Crippen molar-refractivity contribution in [2.24, 2.45) is 0 Å². The summed E-state index contributed by atoms with van der Waals surface area (Å²) in [6.45, 7) is 1.22. The van der Waals surface area contributed by atoms with Crippen molar-refractivity contribution >= 4 is 43.4 Å². The lowest BCUT2D eigenvalue weighted by Gasteiger charge is -2.15. The number of rotatable bonds is 11. The van der Waals surface area contributed by atoms with Gasteiger partial charge in [-0.15, -0.1) is 0 Å². The minimum atomic E-state index is -0.343. The summed E-state index contributed by atoms with van der Waals surface area (Å²) in [5.74, 6) is 1.02. The monoisotopic (exact) mass is 622 g/mol. The zero-order chi connectivity index (χ0) is 30.5. The van der Waals surface area contributed by atoms with Crippen LogP contribution < -0.4 is 22.5 Å². The van der Waals surface area contributed by atoms with Crippen molar-refractivity contribution in [3.8, 4) is 0 Å². The lowest BCUT2D eigenvalue weighted by Crippen LogP contribution is -2.41. The van der Waals surface area contributed by atoms with Gasteiger partial charge in [-0.2, -0.15) is 0 Å². The Morgan fingerprint density at radius 1 is 0.432 bits per heavy atom. The Bertz CT molecular complexity index is 2010. The highest BCUT2D eigenvalue weighted by molar-refractivity contribution is 8.76. The Morgan fingerprint density at radius 2 is 0.795 bits per heavy atom. The average molecular weight is 623 g/mol. The molecule has 0 radical (unpaired) electrons. The van der Waals surface area contributed by atoms with Gasteiger partial charge in [0.05, 0.1) is 34.9 Å². The van der Waals surface area contributed by atoms with Crippen LogP contribution in [0.4, 0.5) is 0 Å². The van der Waals surface area contributed by atoms with Crippen molar-refractivity contribution in [1.29, 1.82) is 0 Å². The normalized spacial score (nSPS) is 11.4. The molecular formula is C34H30N4O4S2. The molecule has 222 valence electrons. The number of hydrogen-bond donors (Lipinski definition) is 0. The molecule has 4 aromatic carbocycles. The first-order valence-electron chi connectivity index (χ1n) is 14.3. The Labute approximate surface area is 260 Å². The molecule has 44 heavy (non-hydrogen) atoms. The van der Waals surface area contributed by atoms with Crippen LogP contribution in [-0.4, -0.2) is 29.8 Å². The van der Waals surface area contributed by atoms with Gasteiger partial charge < -0.3 is 0 Å². The minimum Gasteiger partial charge on any atom is -0.289 e. The third-order valence-electron chi connectivity index (χ3n) is 7.51. The van der Waals surface area contributed by atoms with Gasteiger partial charge in [0, 0.05) is 24.6 Å². The molecule has 2 aromatic heterocycles. The van der Waals surface area contributed by atoms with Crippen LogP contribution in [0.2, 0.25) is 0 Å². The molecule has 0 bridgehead atoms. The molecule has 6 rings (SSSR count). The maximum atomic E-state index is 13.5. The molecule has 0 atom stereocenters. The van der Waals surface area contributed by atoms with Crippen molar-refractivity contribution in [2.45, 2.75) is 26.2 Å². The van der Waals surface area contributed by atoms with Crippen LogP contribution in [0.5, 0.6) is 0 Å². The van der Waals surface area contributed by atoms with Crippen molar-refractivity contribution in [2.75, 3.05) is 11.5 Å². The summed E-state index contributed by atoms with van der Waals surface area (Å²) in [5.41, 5.74) is 1.88. The second-order valence-corrected chi connectivity index (χ2v) is 13.0. The van der Waals surface area contributed by atoms with Gasteiger partial charge >= 0.3 is 11.4 Å². The molecule has 6 aromatic rings. The van der Waals surface area contributed by atoms with Gasteiger partial charge in [-0.05, 0) is 35.4 Å². The van der Waals surface area contributed by atoms with E-state index in [0.29, 0.717) is 46.4 Å². The van der Waals surface area contributed by atoms with Crippen molar-refractivity contribution in [3.05, 3.63) is 162 Å². The van der Waals surface area contributed by atoms with E-state index in [2.05, 4.69) is 0 Å². The Morgan fingerprint density at radius 3 is 1.20 bits per heavy atom. The average Bonchev–Trinajstić information content (AvgIpc) is 3.06. The lowest BCUT2D eigenvalue weighted by atomic mass is 10.2. The standard InChI is InChI=1S/C34H30N4O4S2/c39-31-27-15-7-9-17-29(27)37(23-25-11-3-1-4-12-25)33(41)35(31)19-21-43-44-22-20-36-32(40)28-16-8-10-18-30(28)38(34(36)42)24-26-13-5-2-6-14-26/h1-18H,19-24H2. The quantitative estimate of drug-likeness (QED) is 0.152. The van der Waals surface area contributed by atoms with Crippen molar-refractivity contribution < 1.29 is 0 Å². The third-order valence-corrected chi connectivity index (χ3v) is 9.88. The molecule has 0 aliphatic carbocycles. The molecule has 0 fully saturated rings. The first-order valence-corrected chi connectivity index (χ1v) is 16.8. The van der Waals surface area contributed by atoms with Crippen LogP contribution in [0.15, 0.2) is 128 Å². The molecule has 0 aliphatic heterocycles. The number of hydrogen-bond acceptors (Lipinski definition) is 6. The van der Waals surface area contributed by atoms with Gasteiger partial charge in [-0.3, -0.25) is 27.9 Å². The fraction of sp³-hybridized carbons (Fsp3) is 0.176. The SMILES string of the molecule is O=c1c2ccccc2n(Cc2ccccc2)c(=O)n1CCSSCCn1c(=O)c2ccccc2n(Cc2ccccc2)c1=O. The van der Waals surface area contributed by atoms with E-state index in [0.717, 1.165) is 11.1 Å². The van der Waals surface area contributed by atoms with Gasteiger partial charge in [0.2, 0.25) is 0 Å². The summed E-state index contributed by atoms with van der Waals surface area (Å²) in [5, 5.41) is 1.01. The molecule has 2 heterocycles. The van der Waals surface area contributed by atoms with Crippen LogP contribution >= 0.6 is 21.6 Å². The molecular weight excluding hydrogens is 593 g/mol. The Hall–Kier alpha value is -4.54. The molecule has 0 saturated heterocycles. The maximum absolute atomic E-state index is 13.5. The van der Waals surface area contributed by atoms with E-state index >= 15 is 0 Å². The predicted octanol–water partition coefficient (Wildman–Crippen LogP) is 4.82. The van der Waals surface area contributed by atoms with Crippen molar-refractivity contribution in [3.63, 3.8) is 0 Å². The van der Waals surface area contributed by atoms with Crippen LogP contribution in [0.3, 0.4) is 0 Å². The molecule has 0 unspecified atom stereocenters. The summed E-state index contributed by atoms with van der Waals surface area (Å²) >= 11 is 0. The molecule has 0 N–H and O–H groups in total. The second-order valence-electron chi connectivity index (χ2n) is 10.3. The number of benzene rings is 4. The summed E-state index contributed by atoms with van der Waals surface area (Å²) in [4.78, 5) is 53.5. The number of para-hydroxylation sites is 2. The molecule has 0 saturated carbocycles. The molecule has 0 amide bonds. The molecule has 0 aliphatic rings. The van der Waals surface area contributed by atoms with E-state index in [9.17, 15) is 19.2 Å². The number of fused-ring (bicyclic) bond motifs is 2. The van der Waals surface area contributed by atoms with Gasteiger partial charge in [0.15, 0.2) is 0 Å². The highest BCUT2D eigenvalue weighted by atomic mass is 33.1. The molecule has 8 nitrogen and oxygen atoms in total. The van der Waals surface area contributed by atoms with Crippen LogP contribution in [0.25, 0.3) is 21.8 Å². The number of nitrogens with zero attached hydrogens (tertiary/aromatic N) is 4. The lowest BCUT2D eigenvalue weighted by molar-refractivity contribution is 0.622. The van der Waals surface area contributed by atoms with Crippen LogP contribution in [0.1, 0.15) is 11.1 Å². The summed E-state index contributed by atoms with van der Waals surface area (Å²) in [7, 11) is 3.01. The van der Waals surface area contributed by atoms with E-state index in [1.807, 2.05) is 72.8 Å². The van der Waals surface area contributed by atoms with Gasteiger partial charge in [0.25, 0.3) is 11.1 Å². The van der Waals surface area contributed by atoms with Crippen LogP contribution in [-0.2, 0) is 26.2 Å². The highest BCUT2D eigenvalue weighted by Gasteiger charge is 2.15. The first-order chi connectivity index (χ1) is 21.5. The summed E-state index contributed by atoms with van der Waals surface area (Å²) in [6, 6.07) is 33.8. The van der Waals surface area contributed by atoms with Gasteiger partial charge in [-0.25, -0.2) is 9.59 Å². The largest absolute Gasteiger partial charge is 0.331 e. The smallest absolute Gasteiger partial charge is 0.289 e. The van der Waals surface area contributed by atoms with E-state index in [1.165, 1.54) is 30.7 Å². The second kappa shape index (κ2) is 13.4. The first kappa shape index (κ1) is 29.5. The van der Waals surface area contributed by atoms with E-state index in [-0.39, 0.29) is 35.6 Å². The summed E-state index contributed by atoms with van der Waals surface area (Å²) in [6.07, 6.45) is 0. The van der Waals surface area contributed by atoms with E-state index < -0.39 is 0 Å². The maximum Gasteiger partial charge on any atom is 0.331 e. The predicted molar refractivity (Wildman–Crippen MR) is 181 cm³/mol. The minimum absolute atomic E-state index is 0.245.